The summed E-state index contributed by atoms with van der Waals surface area (Å²) in [5.74, 6) is 0.850. The summed E-state index contributed by atoms with van der Waals surface area (Å²) in [6.45, 7) is 60.1. The summed E-state index contributed by atoms with van der Waals surface area (Å²) in [5.41, 5.74) is 11.1. The zero-order chi connectivity index (χ0) is 94.7. The number of likely N-dealkylation sites (tertiary alicyclic amines) is 2. The number of hydrogen-bond donors (Lipinski definition) is 6. The third-order valence-electron chi connectivity index (χ3n) is 21.4. The summed E-state index contributed by atoms with van der Waals surface area (Å²) in [4.78, 5) is 96.0. The number of anilines is 1. The Balaban J connectivity index is 0.000000311. The van der Waals surface area contributed by atoms with Gasteiger partial charge in [-0.2, -0.15) is 0 Å². The Morgan fingerprint density at radius 3 is 1.36 bits per heavy atom. The number of para-hydroxylation sites is 5. The number of carbonyl (C=O) groups excluding carboxylic acids is 6. The molecular weight excluding hydrogens is 1700 g/mol. The van der Waals surface area contributed by atoms with Crippen molar-refractivity contribution < 1.29 is 106 Å². The Kier molecular flexibility index (Phi) is 44.2. The second-order valence-corrected chi connectivity index (χ2v) is 38.5. The number of hydrogen-bond acceptors (Lipinski definition) is 22. The van der Waals surface area contributed by atoms with Crippen LogP contribution in [0.1, 0.15) is 225 Å². The third-order valence-corrected chi connectivity index (χ3v) is 22.4. The van der Waals surface area contributed by atoms with Gasteiger partial charge >= 0.3 is 60.1 Å². The van der Waals surface area contributed by atoms with E-state index in [1.165, 1.54) is 72.4 Å². The van der Waals surface area contributed by atoms with Crippen LogP contribution in [0.4, 0.5) is 41.0 Å². The molecule has 3 fully saturated rings. The van der Waals surface area contributed by atoms with Crippen molar-refractivity contribution in [3.05, 3.63) is 161 Å². The Morgan fingerprint density at radius 1 is 0.481 bits per heavy atom. The number of rotatable bonds is 6. The van der Waals surface area contributed by atoms with Gasteiger partial charge in [0.05, 0.1) is 65.6 Å². The monoisotopic (exact) mass is 1840 g/mol. The molecule has 31 heteroatoms. The number of carbonyl (C=O) groups is 6. The molecule has 0 saturated carbocycles. The summed E-state index contributed by atoms with van der Waals surface area (Å²) in [5, 5.41) is 19.3. The van der Waals surface area contributed by atoms with Crippen LogP contribution in [0.25, 0.3) is 21.8 Å². The first-order valence-corrected chi connectivity index (χ1v) is 45.2. The van der Waals surface area contributed by atoms with Gasteiger partial charge in [-0.05, 0) is 262 Å². The zero-order valence-corrected chi connectivity index (χ0v) is 85.4. The first kappa shape index (κ1) is 113. The maximum absolute atomic E-state index is 12.3. The number of nitrogens with one attached hydrogen (secondary N) is 5. The first-order chi connectivity index (χ1) is 59.6. The van der Waals surface area contributed by atoms with Crippen LogP contribution in [-0.4, -0.2) is 233 Å². The van der Waals surface area contributed by atoms with Crippen LogP contribution in [0.5, 0.6) is 0 Å². The summed E-state index contributed by atoms with van der Waals surface area (Å²) >= 11 is 11.8. The Hall–Kier alpha value is -8.36. The summed E-state index contributed by atoms with van der Waals surface area (Å²) in [6.07, 6.45) is 1.47. The predicted octanol–water partition coefficient (Wildman–Crippen LogP) is 17.2. The molecule has 3 saturated heterocycles. The van der Waals surface area contributed by atoms with Crippen LogP contribution >= 0.6 is 23.5 Å². The third kappa shape index (κ3) is 33.4. The van der Waals surface area contributed by atoms with E-state index in [1.54, 1.807) is 63.4 Å². The standard InChI is InChI=1S/C17H22N2O3.C16H19ClN2O2.C16H20N2O2.C11H12N2O.C11H12N2.C10H18O5.2C6H15N.C4H9ClO.CH4O.Na.H2O/c1-16(2,3)22-15(20)19-10-9-17(11-19)12-7-5-6-8-13(12)18-14(17)21-4;1-15(2,3)21-14(20)19-9-8-16(17)11-6-4-5-7-12(11)18-13(16)10-19;1-16(2,3)20-15(19)18-9-8-12-11-6-4-5-7-13(11)17-14(12)10-18;14-10-11(5-6-12-7-11)8-3-1-2-4-9(8)13-10;1-2-4-10-8(3-1)9-5-6-12-7-11(9)13-10;1-9(2,3)14-7(11)13-8(12)15-10(4,5)6;2*1-4-7(5-2)6-3;1-4(2,3)6-5;1-2;;/h5-8H,9-11H2,1-4H3;4-7H,8-10H2,1-3H3;4-7,17H,8-10H2,1-3H3;1-4,12H,5-7H2,(H,13,14);1-4,12-13H,5-7H2;1-6H3;2*4-6H2,1-3H3;1-3H3;2H,1H3;;1H2/q;;;;;;;;;;+1;/p-1. The number of aliphatic hydroxyl groups is 1. The summed E-state index contributed by atoms with van der Waals surface area (Å²) < 4.78 is 40.1. The zero-order valence-electron chi connectivity index (χ0n) is 81.9. The van der Waals surface area contributed by atoms with E-state index in [0.29, 0.717) is 51.6 Å². The molecule has 129 heavy (non-hydrogen) atoms. The number of methoxy groups -OCH3 is 1. The molecule has 7 N–H and O–H groups in total. The van der Waals surface area contributed by atoms with E-state index in [4.69, 9.17) is 57.0 Å². The number of nitrogens with zero attached hydrogens (tertiary/aromatic N) is 7. The van der Waals surface area contributed by atoms with Crippen molar-refractivity contribution in [2.24, 2.45) is 9.98 Å². The first-order valence-electron chi connectivity index (χ1n) is 44.5. The van der Waals surface area contributed by atoms with Crippen molar-refractivity contribution in [3.8, 4) is 0 Å². The van der Waals surface area contributed by atoms with Gasteiger partial charge in [-0.3, -0.25) is 14.1 Å². The van der Waals surface area contributed by atoms with E-state index >= 15 is 0 Å². The van der Waals surface area contributed by atoms with Gasteiger partial charge in [0.1, 0.15) is 32.9 Å². The SMILES string of the molecule is CC(C)(C)OC(=O)N1CCC2(Cl)C(=Nc3ccccc32)C1.CC(C)(C)OC(=O)N1CCc2c([nH]c3ccccc23)C1.CC(C)(C)OC(=O)OC(=O)OC(C)(C)C.CC(C)(C)OCl.CCN(CC)CC.CCN(CC)CC.CO.COC1=Nc2ccccc2C12CCN(C(=O)OC(C)(C)C)C2.O=C1Nc2ccccc2C12CCNC2.[Na+].[OH-].c1ccc2c3c([nH]c2c1)CNCC3. The molecule has 2 aromatic heterocycles. The van der Waals surface area contributed by atoms with E-state index in [2.05, 4.69) is 151 Å². The van der Waals surface area contributed by atoms with Crippen molar-refractivity contribution in [1.82, 2.24) is 45.1 Å². The summed E-state index contributed by atoms with van der Waals surface area (Å²) in [7, 11) is 2.64. The molecule has 5 aromatic carbocycles. The molecule has 8 aliphatic heterocycles. The summed E-state index contributed by atoms with van der Waals surface area (Å²) in [6, 6.07) is 40.7. The number of amides is 4. The van der Waals surface area contributed by atoms with Crippen LogP contribution < -0.4 is 45.5 Å². The second-order valence-electron chi connectivity index (χ2n) is 37.7. The van der Waals surface area contributed by atoms with Crippen molar-refractivity contribution in [1.29, 1.82) is 0 Å². The van der Waals surface area contributed by atoms with E-state index in [9.17, 15) is 28.8 Å². The van der Waals surface area contributed by atoms with Crippen molar-refractivity contribution in [3.63, 3.8) is 0 Å². The minimum atomic E-state index is -1.06. The molecule has 15 rings (SSSR count). The molecule has 3 unspecified atom stereocenters. The van der Waals surface area contributed by atoms with Gasteiger partial charge in [-0.15, -0.1) is 11.6 Å². The Bertz CT molecular complexity index is 4740. The van der Waals surface area contributed by atoms with E-state index < -0.39 is 45.2 Å². The molecule has 0 radical (unpaired) electrons. The number of aromatic amines is 2. The molecule has 710 valence electrons. The molecule has 3 atom stereocenters. The fraction of sp³-hybridized carbons (Fsp3) is 0.571. The number of ether oxygens (including phenoxy) is 7. The molecule has 0 aliphatic carbocycles. The number of halogens is 2. The van der Waals surface area contributed by atoms with Gasteiger partial charge in [0.2, 0.25) is 11.8 Å². The maximum Gasteiger partial charge on any atom is 1.00 e. The average molecular weight is 1840 g/mol. The maximum atomic E-state index is 12.3. The number of aliphatic hydroxyl groups excluding tert-OH is 1. The van der Waals surface area contributed by atoms with Gasteiger partial charge in [0.25, 0.3) is 0 Å². The van der Waals surface area contributed by atoms with Crippen molar-refractivity contribution >= 4 is 110 Å². The Labute approximate surface area is 798 Å². The molecule has 8 aliphatic rings. The van der Waals surface area contributed by atoms with Crippen molar-refractivity contribution in [2.75, 3.05) is 111 Å². The van der Waals surface area contributed by atoms with Gasteiger partial charge in [0, 0.05) is 90.8 Å². The molecule has 28 nitrogen and oxygen atoms in total. The van der Waals surface area contributed by atoms with Gasteiger partial charge in [-0.1, -0.05) is 133 Å². The molecular formula is C98H147Cl2N12NaO16. The topological polar surface area (TPSA) is 335 Å². The molecule has 0 bridgehead atoms. The number of piperidine rings is 1. The van der Waals surface area contributed by atoms with E-state index in [1.807, 2.05) is 150 Å². The average Bonchev–Trinajstić information content (AvgIpc) is 1.59. The van der Waals surface area contributed by atoms with E-state index in [0.717, 1.165) is 110 Å². The normalized spacial score (nSPS) is 18.2. The number of H-pyrrole nitrogens is 2. The molecule has 2 spiro atoms. The van der Waals surface area contributed by atoms with E-state index in [-0.39, 0.29) is 75.7 Å². The van der Waals surface area contributed by atoms with Gasteiger partial charge in [-0.25, -0.2) is 29.0 Å². The molecule has 4 amide bonds. The fourth-order valence-corrected chi connectivity index (χ4v) is 15.6. The number of aromatic nitrogens is 2. The van der Waals surface area contributed by atoms with Crippen molar-refractivity contribution in [2.45, 2.75) is 261 Å². The number of aliphatic imine (C=N–C) groups is 2. The Morgan fingerprint density at radius 2 is 0.899 bits per heavy atom. The number of benzene rings is 5. The van der Waals surface area contributed by atoms with Gasteiger partial charge in [0.15, 0.2) is 0 Å². The van der Waals surface area contributed by atoms with Crippen LogP contribution in [0.15, 0.2) is 131 Å². The quantitative estimate of drug-likeness (QED) is 0.0296. The minimum absolute atomic E-state index is 0. The van der Waals surface area contributed by atoms with Crippen LogP contribution in [0.3, 0.4) is 0 Å². The number of fused-ring (bicyclic) bond motifs is 13. The second kappa shape index (κ2) is 50.5. The van der Waals surface area contributed by atoms with Crippen LogP contribution in [-0.2, 0) is 83.9 Å². The van der Waals surface area contributed by atoms with Crippen LogP contribution in [0.2, 0.25) is 0 Å². The smallest absolute Gasteiger partial charge is 0.870 e. The molecule has 10 heterocycles. The largest absolute Gasteiger partial charge is 1.00 e. The van der Waals surface area contributed by atoms with Crippen LogP contribution in [0, 0.1) is 0 Å². The fourth-order valence-electron chi connectivity index (χ4n) is 15.2. The number of alkyl halides is 1. The predicted molar refractivity (Wildman–Crippen MR) is 512 cm³/mol. The molecule has 7 aromatic rings. The minimum Gasteiger partial charge on any atom is -0.870 e. The van der Waals surface area contributed by atoms with Gasteiger partial charge < -0.3 is 94.2 Å².